The Hall–Kier alpha value is -4.46. The van der Waals surface area contributed by atoms with Crippen LogP contribution in [0.5, 0.6) is 5.75 Å². The summed E-state index contributed by atoms with van der Waals surface area (Å²) in [6.45, 7) is 0.276. The number of nitrogens with zero attached hydrogens (tertiary/aromatic N) is 2. The summed E-state index contributed by atoms with van der Waals surface area (Å²) in [7, 11) is 0. The number of amides is 4. The molecule has 1 aromatic heterocycles. The first-order valence-electron chi connectivity index (χ1n) is 12.0. The van der Waals surface area contributed by atoms with Crippen LogP contribution in [0.4, 0.5) is 0 Å². The van der Waals surface area contributed by atoms with Crippen molar-refractivity contribution >= 4 is 29.6 Å². The SMILES string of the molecule is NC(=O)CC(NC(=O)C1CCCN1C(=O)C(N)Cc1ccc(O)cc1)C(=O)NC(Cc1cnc[nH]1)C(=O)O. The molecule has 1 saturated heterocycles. The van der Waals surface area contributed by atoms with Crippen molar-refractivity contribution in [3.63, 3.8) is 0 Å². The number of nitrogens with one attached hydrogen (secondary N) is 3. The van der Waals surface area contributed by atoms with Crippen LogP contribution in [-0.4, -0.2) is 85.4 Å². The molecule has 1 aliphatic rings. The number of primary amides is 1. The number of nitrogens with two attached hydrogens (primary N) is 2. The molecular formula is C24H31N7O7. The first kappa shape index (κ1) is 28.1. The molecule has 2 heterocycles. The molecule has 4 amide bonds. The Labute approximate surface area is 217 Å². The summed E-state index contributed by atoms with van der Waals surface area (Å²) in [5, 5.41) is 23.7. The maximum atomic E-state index is 13.1. The van der Waals surface area contributed by atoms with E-state index in [1.807, 2.05) is 0 Å². The Morgan fingerprint density at radius 2 is 1.82 bits per heavy atom. The van der Waals surface area contributed by atoms with Crippen molar-refractivity contribution in [3.05, 3.63) is 48.0 Å². The number of carboxylic acids is 1. The first-order valence-corrected chi connectivity index (χ1v) is 12.0. The van der Waals surface area contributed by atoms with Crippen LogP contribution >= 0.6 is 0 Å². The number of likely N-dealkylation sites (tertiary alicyclic amines) is 1. The number of carbonyl (C=O) groups is 5. The predicted molar refractivity (Wildman–Crippen MR) is 132 cm³/mol. The molecule has 0 spiro atoms. The van der Waals surface area contributed by atoms with Gasteiger partial charge in [-0.05, 0) is 37.0 Å². The molecule has 0 radical (unpaired) electrons. The summed E-state index contributed by atoms with van der Waals surface area (Å²) in [6.07, 6.45) is 3.10. The number of rotatable bonds is 12. The van der Waals surface area contributed by atoms with Crippen LogP contribution in [0.1, 0.15) is 30.5 Å². The maximum Gasteiger partial charge on any atom is 0.326 e. The lowest BCUT2D eigenvalue weighted by Crippen LogP contribution is -2.57. The first-order chi connectivity index (χ1) is 18.0. The fourth-order valence-electron chi connectivity index (χ4n) is 4.26. The molecule has 3 rings (SSSR count). The number of hydrogen-bond donors (Lipinski definition) is 7. The van der Waals surface area contributed by atoms with Gasteiger partial charge in [-0.2, -0.15) is 0 Å². The minimum atomic E-state index is -1.45. The van der Waals surface area contributed by atoms with Gasteiger partial charge in [0, 0.05) is 24.9 Å². The number of carbonyl (C=O) groups excluding carboxylic acids is 4. The van der Waals surface area contributed by atoms with E-state index in [2.05, 4.69) is 20.6 Å². The third kappa shape index (κ3) is 7.52. The maximum absolute atomic E-state index is 13.1. The average Bonchev–Trinajstić information content (AvgIpc) is 3.56. The zero-order chi connectivity index (χ0) is 27.8. The molecule has 4 unspecified atom stereocenters. The molecule has 0 bridgehead atoms. The number of imidazole rings is 1. The molecule has 1 aromatic carbocycles. The Kier molecular flexibility index (Phi) is 9.38. The molecule has 0 aliphatic carbocycles. The van der Waals surface area contributed by atoms with Crippen LogP contribution in [0.3, 0.4) is 0 Å². The van der Waals surface area contributed by atoms with Crippen molar-refractivity contribution in [3.8, 4) is 5.75 Å². The molecule has 9 N–H and O–H groups in total. The van der Waals surface area contributed by atoms with E-state index in [1.165, 1.54) is 29.6 Å². The van der Waals surface area contributed by atoms with E-state index in [0.717, 1.165) is 5.56 Å². The number of phenols is 1. The van der Waals surface area contributed by atoms with Crippen molar-refractivity contribution in [1.29, 1.82) is 0 Å². The van der Waals surface area contributed by atoms with Crippen LogP contribution in [0, 0.1) is 0 Å². The molecule has 4 atom stereocenters. The fraction of sp³-hybridized carbons (Fsp3) is 0.417. The topological polar surface area (TPSA) is 234 Å². The number of aromatic hydroxyl groups is 1. The van der Waals surface area contributed by atoms with Gasteiger partial charge in [0.2, 0.25) is 23.6 Å². The summed E-state index contributed by atoms with van der Waals surface area (Å²) in [5.41, 5.74) is 12.6. The summed E-state index contributed by atoms with van der Waals surface area (Å²) in [4.78, 5) is 70.2. The summed E-state index contributed by atoms with van der Waals surface area (Å²) < 4.78 is 0. The molecule has 2 aromatic rings. The Morgan fingerprint density at radius 1 is 1.11 bits per heavy atom. The van der Waals surface area contributed by atoms with Crippen molar-refractivity contribution in [1.82, 2.24) is 25.5 Å². The van der Waals surface area contributed by atoms with Crippen LogP contribution in [0.15, 0.2) is 36.8 Å². The number of aromatic nitrogens is 2. The van der Waals surface area contributed by atoms with Crippen molar-refractivity contribution in [2.45, 2.75) is 56.3 Å². The predicted octanol–water partition coefficient (Wildman–Crippen LogP) is -1.85. The van der Waals surface area contributed by atoms with Gasteiger partial charge in [0.05, 0.1) is 18.8 Å². The van der Waals surface area contributed by atoms with Gasteiger partial charge >= 0.3 is 5.97 Å². The highest BCUT2D eigenvalue weighted by molar-refractivity contribution is 5.96. The fourth-order valence-corrected chi connectivity index (χ4v) is 4.26. The second-order valence-electron chi connectivity index (χ2n) is 9.08. The molecular weight excluding hydrogens is 498 g/mol. The van der Waals surface area contributed by atoms with E-state index < -0.39 is 60.2 Å². The van der Waals surface area contributed by atoms with Gasteiger partial charge in [0.15, 0.2) is 0 Å². The third-order valence-corrected chi connectivity index (χ3v) is 6.18. The molecule has 1 fully saturated rings. The minimum Gasteiger partial charge on any atom is -0.508 e. The van der Waals surface area contributed by atoms with Crippen molar-refractivity contribution < 1.29 is 34.2 Å². The van der Waals surface area contributed by atoms with Crippen LogP contribution in [0.25, 0.3) is 0 Å². The quantitative estimate of drug-likeness (QED) is 0.163. The normalized spacial score (nSPS) is 17.3. The monoisotopic (exact) mass is 529 g/mol. The lowest BCUT2D eigenvalue weighted by molar-refractivity contribution is -0.143. The minimum absolute atomic E-state index is 0.0791. The Morgan fingerprint density at radius 3 is 2.42 bits per heavy atom. The molecule has 204 valence electrons. The molecule has 0 saturated carbocycles. The highest BCUT2D eigenvalue weighted by Crippen LogP contribution is 2.20. The lowest BCUT2D eigenvalue weighted by Gasteiger charge is -2.28. The van der Waals surface area contributed by atoms with E-state index in [1.54, 1.807) is 12.1 Å². The summed E-state index contributed by atoms with van der Waals surface area (Å²) in [5.74, 6) is -4.19. The highest BCUT2D eigenvalue weighted by atomic mass is 16.4. The number of hydrogen-bond acceptors (Lipinski definition) is 8. The molecule has 1 aliphatic heterocycles. The number of phenolic OH excluding ortho intramolecular Hbond substituents is 1. The lowest BCUT2D eigenvalue weighted by atomic mass is 10.0. The third-order valence-electron chi connectivity index (χ3n) is 6.18. The summed E-state index contributed by atoms with van der Waals surface area (Å²) >= 11 is 0. The van der Waals surface area contributed by atoms with Gasteiger partial charge in [-0.15, -0.1) is 0 Å². The zero-order valence-corrected chi connectivity index (χ0v) is 20.5. The van der Waals surface area contributed by atoms with E-state index in [9.17, 15) is 34.2 Å². The second-order valence-corrected chi connectivity index (χ2v) is 9.08. The number of aliphatic carboxylic acids is 1. The second kappa shape index (κ2) is 12.7. The van der Waals surface area contributed by atoms with Crippen molar-refractivity contribution in [2.24, 2.45) is 11.5 Å². The number of aromatic amines is 1. The average molecular weight is 530 g/mol. The van der Waals surface area contributed by atoms with Gasteiger partial charge in [0.1, 0.15) is 23.9 Å². The van der Waals surface area contributed by atoms with Gasteiger partial charge < -0.3 is 42.2 Å². The number of H-pyrrole nitrogens is 1. The van der Waals surface area contributed by atoms with Crippen LogP contribution < -0.4 is 22.1 Å². The highest BCUT2D eigenvalue weighted by Gasteiger charge is 2.38. The van der Waals surface area contributed by atoms with E-state index >= 15 is 0 Å². The van der Waals surface area contributed by atoms with Crippen LogP contribution in [-0.2, 0) is 36.8 Å². The largest absolute Gasteiger partial charge is 0.508 e. The smallest absolute Gasteiger partial charge is 0.326 e. The Balaban J connectivity index is 1.66. The Bertz CT molecular complexity index is 1150. The van der Waals surface area contributed by atoms with Gasteiger partial charge in [-0.25, -0.2) is 9.78 Å². The van der Waals surface area contributed by atoms with E-state index in [-0.39, 0.29) is 25.1 Å². The van der Waals surface area contributed by atoms with Gasteiger partial charge in [-0.1, -0.05) is 12.1 Å². The zero-order valence-electron chi connectivity index (χ0n) is 20.5. The molecule has 14 nitrogen and oxygen atoms in total. The van der Waals surface area contributed by atoms with E-state index in [0.29, 0.717) is 18.5 Å². The van der Waals surface area contributed by atoms with Crippen LogP contribution in [0.2, 0.25) is 0 Å². The van der Waals surface area contributed by atoms with E-state index in [4.69, 9.17) is 11.5 Å². The molecule has 38 heavy (non-hydrogen) atoms. The standard InChI is InChI=1S/C24H31N7O7/c25-16(8-13-3-5-15(32)6-4-13)23(36)31-7-1-2-19(31)22(35)29-17(10-20(26)33)21(34)30-18(24(37)38)9-14-11-27-12-28-14/h3-6,11-12,16-19,32H,1-2,7-10,25H2,(H2,26,33)(H,27,28)(H,29,35)(H,30,34)(H,37,38). The van der Waals surface area contributed by atoms with Gasteiger partial charge in [-0.3, -0.25) is 19.2 Å². The number of benzene rings is 1. The van der Waals surface area contributed by atoms with Crippen molar-refractivity contribution in [2.75, 3.05) is 6.54 Å². The number of carboxylic acid groups (broad SMARTS) is 1. The summed E-state index contributed by atoms with van der Waals surface area (Å²) in [6, 6.07) is 1.54. The molecule has 14 heteroatoms. The van der Waals surface area contributed by atoms with Gasteiger partial charge in [0.25, 0.3) is 0 Å².